The van der Waals surface area contributed by atoms with Crippen LogP contribution in [0.25, 0.3) is 0 Å². The summed E-state index contributed by atoms with van der Waals surface area (Å²) >= 11 is 0. The predicted molar refractivity (Wildman–Crippen MR) is 90.6 cm³/mol. The summed E-state index contributed by atoms with van der Waals surface area (Å²) in [6.07, 6.45) is 5.40. The van der Waals surface area contributed by atoms with Gasteiger partial charge in [0, 0.05) is 23.7 Å². The van der Waals surface area contributed by atoms with E-state index >= 15 is 0 Å². The van der Waals surface area contributed by atoms with Crippen LogP contribution in [-0.4, -0.2) is 4.92 Å². The van der Waals surface area contributed by atoms with Gasteiger partial charge in [0.25, 0.3) is 5.69 Å². The molecule has 1 heterocycles. The molecule has 0 saturated heterocycles. The molecule has 0 bridgehead atoms. The molecule has 4 nitrogen and oxygen atoms in total. The van der Waals surface area contributed by atoms with Crippen LogP contribution in [0.5, 0.6) is 0 Å². The molecular weight excluding hydrogens is 288 g/mol. The quantitative estimate of drug-likeness (QED) is 0.496. The molecule has 0 unspecified atom stereocenters. The molecule has 116 valence electrons. The van der Waals surface area contributed by atoms with Gasteiger partial charge in [0.1, 0.15) is 0 Å². The number of nitrogens with one attached hydrogen (secondary N) is 1. The molecule has 4 rings (SSSR count). The number of nitrogens with zero attached hydrogens (tertiary/aromatic N) is 1. The molecule has 2 aromatic carbocycles. The number of hydrogen-bond donors (Lipinski definition) is 1. The van der Waals surface area contributed by atoms with Crippen molar-refractivity contribution >= 4 is 11.4 Å². The zero-order chi connectivity index (χ0) is 16.0. The fourth-order valence-corrected chi connectivity index (χ4v) is 3.80. The van der Waals surface area contributed by atoms with Crippen molar-refractivity contribution in [2.24, 2.45) is 5.92 Å². The monoisotopic (exact) mass is 306 g/mol. The van der Waals surface area contributed by atoms with Gasteiger partial charge in [-0.05, 0) is 36.5 Å². The number of nitro benzene ring substituents is 1. The van der Waals surface area contributed by atoms with Crippen molar-refractivity contribution in [3.05, 3.63) is 81.4 Å². The highest BCUT2D eigenvalue weighted by Crippen LogP contribution is 2.50. The fourth-order valence-electron chi connectivity index (χ4n) is 3.80. The van der Waals surface area contributed by atoms with Gasteiger partial charge in [-0.2, -0.15) is 0 Å². The minimum absolute atomic E-state index is 0.165. The van der Waals surface area contributed by atoms with Crippen molar-refractivity contribution in [1.29, 1.82) is 0 Å². The lowest BCUT2D eigenvalue weighted by Crippen LogP contribution is -2.29. The lowest BCUT2D eigenvalue weighted by molar-refractivity contribution is -0.384. The number of anilines is 1. The molecule has 3 atom stereocenters. The third kappa shape index (κ3) is 2.31. The number of non-ortho nitro benzene ring substituents is 1. The molecule has 2 aliphatic rings. The van der Waals surface area contributed by atoms with Crippen LogP contribution in [0, 0.1) is 23.0 Å². The Morgan fingerprint density at radius 2 is 1.96 bits per heavy atom. The number of nitro groups is 1. The van der Waals surface area contributed by atoms with E-state index < -0.39 is 0 Å². The van der Waals surface area contributed by atoms with E-state index in [1.807, 2.05) is 6.07 Å². The zero-order valence-electron chi connectivity index (χ0n) is 12.9. The van der Waals surface area contributed by atoms with Crippen molar-refractivity contribution in [2.75, 3.05) is 5.32 Å². The van der Waals surface area contributed by atoms with Crippen LogP contribution in [0.2, 0.25) is 0 Å². The Hall–Kier alpha value is -2.62. The van der Waals surface area contributed by atoms with Crippen molar-refractivity contribution in [3.63, 3.8) is 0 Å². The third-order valence-corrected chi connectivity index (χ3v) is 4.99. The lowest BCUT2D eigenvalue weighted by atomic mass is 9.77. The van der Waals surface area contributed by atoms with E-state index in [1.165, 1.54) is 11.1 Å². The normalized spacial score (nSPS) is 24.7. The Morgan fingerprint density at radius 1 is 1.17 bits per heavy atom. The van der Waals surface area contributed by atoms with Crippen molar-refractivity contribution in [3.8, 4) is 0 Å². The Bertz CT molecular complexity index is 796. The van der Waals surface area contributed by atoms with Crippen molar-refractivity contribution in [1.82, 2.24) is 0 Å². The first-order chi connectivity index (χ1) is 11.1. The molecule has 2 aromatic rings. The van der Waals surface area contributed by atoms with Gasteiger partial charge in [-0.3, -0.25) is 10.1 Å². The molecule has 0 radical (unpaired) electrons. The second-order valence-corrected chi connectivity index (χ2v) is 6.41. The molecule has 4 heteroatoms. The third-order valence-electron chi connectivity index (χ3n) is 4.99. The molecule has 0 amide bonds. The van der Waals surface area contributed by atoms with E-state index in [4.69, 9.17) is 0 Å². The highest BCUT2D eigenvalue weighted by molar-refractivity contribution is 5.62. The molecule has 0 saturated carbocycles. The summed E-state index contributed by atoms with van der Waals surface area (Å²) < 4.78 is 0. The maximum atomic E-state index is 11.1. The van der Waals surface area contributed by atoms with Gasteiger partial charge >= 0.3 is 0 Å². The fraction of sp³-hybridized carbons (Fsp3) is 0.263. The Morgan fingerprint density at radius 3 is 2.70 bits per heavy atom. The Balaban J connectivity index is 1.77. The van der Waals surface area contributed by atoms with E-state index in [9.17, 15) is 10.1 Å². The summed E-state index contributed by atoms with van der Waals surface area (Å²) in [6.45, 7) is 2.09. The van der Waals surface area contributed by atoms with Crippen LogP contribution in [0.15, 0.2) is 54.6 Å². The average molecular weight is 306 g/mol. The van der Waals surface area contributed by atoms with Crippen LogP contribution >= 0.6 is 0 Å². The maximum absolute atomic E-state index is 11.1. The number of benzene rings is 2. The van der Waals surface area contributed by atoms with Gasteiger partial charge in [-0.25, -0.2) is 0 Å². The second kappa shape index (κ2) is 5.23. The van der Waals surface area contributed by atoms with Crippen LogP contribution in [0.3, 0.4) is 0 Å². The van der Waals surface area contributed by atoms with Crippen LogP contribution in [-0.2, 0) is 0 Å². The minimum Gasteiger partial charge on any atom is -0.378 e. The minimum atomic E-state index is -0.319. The molecular formula is C19H18N2O2. The van der Waals surface area contributed by atoms with Crippen molar-refractivity contribution in [2.45, 2.75) is 25.3 Å². The number of fused-ring (bicyclic) bond motifs is 3. The van der Waals surface area contributed by atoms with E-state index in [1.54, 1.807) is 12.1 Å². The van der Waals surface area contributed by atoms with Gasteiger partial charge in [-0.15, -0.1) is 0 Å². The van der Waals surface area contributed by atoms with Crippen molar-refractivity contribution < 1.29 is 4.92 Å². The summed E-state index contributed by atoms with van der Waals surface area (Å²) in [4.78, 5) is 10.7. The summed E-state index contributed by atoms with van der Waals surface area (Å²) in [7, 11) is 0. The van der Waals surface area contributed by atoms with Gasteiger partial charge in [-0.1, -0.05) is 42.0 Å². The largest absolute Gasteiger partial charge is 0.378 e. The summed E-state index contributed by atoms with van der Waals surface area (Å²) in [5, 5.41) is 14.7. The van der Waals surface area contributed by atoms with Gasteiger partial charge < -0.3 is 5.32 Å². The molecule has 1 aliphatic carbocycles. The highest BCUT2D eigenvalue weighted by Gasteiger charge is 2.38. The molecule has 0 spiro atoms. The summed E-state index contributed by atoms with van der Waals surface area (Å²) in [5.74, 6) is 0.657. The van der Waals surface area contributed by atoms with E-state index in [0.29, 0.717) is 5.92 Å². The summed E-state index contributed by atoms with van der Waals surface area (Å²) in [5.41, 5.74) is 4.74. The lowest BCUT2D eigenvalue weighted by Gasteiger charge is -2.37. The van der Waals surface area contributed by atoms with Gasteiger partial charge in [0.2, 0.25) is 0 Å². The first-order valence-electron chi connectivity index (χ1n) is 7.91. The number of rotatable bonds is 2. The topological polar surface area (TPSA) is 55.2 Å². The SMILES string of the molecule is Cc1ccc([C@@H]2Nc3ccc([N+](=O)[O-])cc3[C@@H]3C=CC[C@H]32)cc1. The van der Waals surface area contributed by atoms with Gasteiger partial charge in [0.05, 0.1) is 11.0 Å². The molecule has 0 fully saturated rings. The average Bonchev–Trinajstić information content (AvgIpc) is 3.04. The molecule has 1 aliphatic heterocycles. The van der Waals surface area contributed by atoms with Crippen LogP contribution < -0.4 is 5.32 Å². The summed E-state index contributed by atoms with van der Waals surface area (Å²) in [6, 6.07) is 14.0. The molecule has 0 aromatic heterocycles. The van der Waals surface area contributed by atoms with E-state index in [2.05, 4.69) is 48.7 Å². The second-order valence-electron chi connectivity index (χ2n) is 6.41. The Labute approximate surface area is 135 Å². The highest BCUT2D eigenvalue weighted by atomic mass is 16.6. The first-order valence-corrected chi connectivity index (χ1v) is 7.91. The Kier molecular flexibility index (Phi) is 3.18. The van der Waals surface area contributed by atoms with Crippen LogP contribution in [0.1, 0.15) is 35.1 Å². The number of aryl methyl sites for hydroxylation is 1. The predicted octanol–water partition coefficient (Wildman–Crippen LogP) is 4.73. The van der Waals surface area contributed by atoms with Gasteiger partial charge in [0.15, 0.2) is 0 Å². The van der Waals surface area contributed by atoms with E-state index in [0.717, 1.165) is 17.7 Å². The number of allylic oxidation sites excluding steroid dienone is 2. The maximum Gasteiger partial charge on any atom is 0.269 e. The molecule has 23 heavy (non-hydrogen) atoms. The smallest absolute Gasteiger partial charge is 0.269 e. The zero-order valence-corrected chi connectivity index (χ0v) is 12.9. The number of hydrogen-bond acceptors (Lipinski definition) is 3. The van der Waals surface area contributed by atoms with E-state index in [-0.39, 0.29) is 22.6 Å². The van der Waals surface area contributed by atoms with Crippen LogP contribution in [0.4, 0.5) is 11.4 Å². The molecule has 1 N–H and O–H groups in total. The standard InChI is InChI=1S/C19H18N2O2/c1-12-5-7-13(8-6-12)19-16-4-2-3-15(16)17-11-14(21(22)23)9-10-18(17)20-19/h2-3,5-11,15-16,19-20H,4H2,1H3/t15-,16-,19+/m1/s1. The first kappa shape index (κ1) is 14.0.